The minimum absolute atomic E-state index is 0.0727. The highest BCUT2D eigenvalue weighted by Crippen LogP contribution is 2.44. The maximum atomic E-state index is 13.0. The van der Waals surface area contributed by atoms with E-state index < -0.39 is 36.2 Å². The number of alkyl carbamates (subject to hydrolysis) is 1. The van der Waals surface area contributed by atoms with Gasteiger partial charge in [0.25, 0.3) is 0 Å². The van der Waals surface area contributed by atoms with E-state index in [-0.39, 0.29) is 25.7 Å². The summed E-state index contributed by atoms with van der Waals surface area (Å²) in [5.74, 6) is -2.13. The van der Waals surface area contributed by atoms with Crippen molar-refractivity contribution in [3.05, 3.63) is 95.6 Å². The minimum Gasteiger partial charge on any atom is -0.480 e. The molecule has 9 nitrogen and oxygen atoms in total. The molecule has 0 saturated heterocycles. The molecule has 0 aromatic heterocycles. The van der Waals surface area contributed by atoms with Crippen molar-refractivity contribution in [1.82, 2.24) is 10.6 Å². The van der Waals surface area contributed by atoms with Gasteiger partial charge in [0.1, 0.15) is 12.6 Å². The third-order valence-corrected chi connectivity index (χ3v) is 6.67. The summed E-state index contributed by atoms with van der Waals surface area (Å²) in [4.78, 5) is 37.6. The number of carbonyl (C=O) groups excluding carboxylic acids is 2. The summed E-state index contributed by atoms with van der Waals surface area (Å²) in [7, 11) is 1.37. The molecule has 1 aliphatic carbocycles. The Kier molecular flexibility index (Phi) is 9.30. The number of rotatable bonds is 12. The molecular formula is C30H32N2O7. The van der Waals surface area contributed by atoms with Crippen LogP contribution in [0.3, 0.4) is 0 Å². The van der Waals surface area contributed by atoms with E-state index in [9.17, 15) is 19.5 Å². The molecule has 9 heteroatoms. The predicted molar refractivity (Wildman–Crippen MR) is 144 cm³/mol. The van der Waals surface area contributed by atoms with Crippen molar-refractivity contribution in [1.29, 1.82) is 0 Å². The zero-order chi connectivity index (χ0) is 27.8. The van der Waals surface area contributed by atoms with Crippen molar-refractivity contribution in [2.24, 2.45) is 0 Å². The fourth-order valence-corrected chi connectivity index (χ4v) is 4.66. The SMILES string of the molecule is COCC(NC(=O)OCC1c2ccccc2-c2ccccc21)C(=O)NC(C(=O)O)C(C)OCc1ccccc1. The maximum absolute atomic E-state index is 13.0. The van der Waals surface area contributed by atoms with Gasteiger partial charge >= 0.3 is 12.1 Å². The second-order valence-electron chi connectivity index (χ2n) is 9.30. The van der Waals surface area contributed by atoms with Gasteiger partial charge in [-0.1, -0.05) is 78.9 Å². The summed E-state index contributed by atoms with van der Waals surface area (Å²) in [6.07, 6.45) is -1.65. The van der Waals surface area contributed by atoms with Crippen molar-refractivity contribution in [2.75, 3.05) is 20.3 Å². The molecule has 204 valence electrons. The summed E-state index contributed by atoms with van der Waals surface area (Å²) in [5, 5.41) is 14.7. The van der Waals surface area contributed by atoms with Crippen LogP contribution >= 0.6 is 0 Å². The van der Waals surface area contributed by atoms with Crippen molar-refractivity contribution >= 4 is 18.0 Å². The average molecular weight is 533 g/mol. The normalized spacial score (nSPS) is 14.4. The van der Waals surface area contributed by atoms with Gasteiger partial charge in [-0.25, -0.2) is 9.59 Å². The number of hydrogen-bond acceptors (Lipinski definition) is 6. The highest BCUT2D eigenvalue weighted by atomic mass is 16.5. The zero-order valence-electron chi connectivity index (χ0n) is 21.8. The molecule has 1 aliphatic rings. The van der Waals surface area contributed by atoms with E-state index in [4.69, 9.17) is 14.2 Å². The largest absolute Gasteiger partial charge is 0.480 e. The van der Waals surface area contributed by atoms with Gasteiger partial charge in [0.05, 0.1) is 19.3 Å². The number of ether oxygens (including phenoxy) is 3. The summed E-state index contributed by atoms with van der Waals surface area (Å²) < 4.78 is 16.3. The first-order valence-corrected chi connectivity index (χ1v) is 12.7. The van der Waals surface area contributed by atoms with Gasteiger partial charge in [0, 0.05) is 13.0 Å². The highest BCUT2D eigenvalue weighted by molar-refractivity contribution is 5.89. The van der Waals surface area contributed by atoms with Crippen molar-refractivity contribution < 1.29 is 33.7 Å². The van der Waals surface area contributed by atoms with Crippen LogP contribution in [0.25, 0.3) is 11.1 Å². The lowest BCUT2D eigenvalue weighted by Crippen LogP contribution is -2.56. The number of amides is 2. The number of aliphatic carboxylic acids is 1. The Balaban J connectivity index is 1.35. The van der Waals surface area contributed by atoms with Gasteiger partial charge in [0.15, 0.2) is 6.04 Å². The summed E-state index contributed by atoms with van der Waals surface area (Å²) in [6, 6.07) is 22.7. The van der Waals surface area contributed by atoms with Crippen LogP contribution in [0.2, 0.25) is 0 Å². The number of carboxylic acids is 1. The summed E-state index contributed by atoms with van der Waals surface area (Å²) in [5.41, 5.74) is 5.19. The zero-order valence-corrected chi connectivity index (χ0v) is 21.8. The Bertz CT molecular complexity index is 1250. The molecule has 39 heavy (non-hydrogen) atoms. The van der Waals surface area contributed by atoms with Crippen LogP contribution in [-0.4, -0.2) is 61.6 Å². The first-order chi connectivity index (χ1) is 18.9. The Morgan fingerprint density at radius 1 is 0.872 bits per heavy atom. The van der Waals surface area contributed by atoms with Crippen LogP contribution in [0.5, 0.6) is 0 Å². The van der Waals surface area contributed by atoms with E-state index >= 15 is 0 Å². The molecule has 0 heterocycles. The standard InChI is InChI=1S/C30H32N2O7/c1-19(38-16-20-10-4-3-5-11-20)27(29(34)35)32-28(33)26(18-37-2)31-30(36)39-17-25-23-14-8-6-12-21(23)22-13-7-9-15-24(22)25/h3-15,19,25-27H,16-18H2,1-2H3,(H,31,36)(H,32,33)(H,34,35). The Morgan fingerprint density at radius 3 is 2.05 bits per heavy atom. The molecule has 3 atom stereocenters. The molecule has 3 N–H and O–H groups in total. The van der Waals surface area contributed by atoms with Gasteiger partial charge in [-0.05, 0) is 34.7 Å². The highest BCUT2D eigenvalue weighted by Gasteiger charge is 2.32. The minimum atomic E-state index is -1.34. The third kappa shape index (κ3) is 6.81. The van der Waals surface area contributed by atoms with Gasteiger partial charge in [-0.2, -0.15) is 0 Å². The average Bonchev–Trinajstić information content (AvgIpc) is 3.27. The number of benzene rings is 3. The van der Waals surface area contributed by atoms with Gasteiger partial charge in [0.2, 0.25) is 5.91 Å². The van der Waals surface area contributed by atoms with Crippen LogP contribution in [0.15, 0.2) is 78.9 Å². The fraction of sp³-hybridized carbons (Fsp3) is 0.300. The van der Waals surface area contributed by atoms with Crippen molar-refractivity contribution in [2.45, 2.75) is 37.6 Å². The molecule has 0 radical (unpaired) electrons. The van der Waals surface area contributed by atoms with E-state index in [2.05, 4.69) is 10.6 Å². The number of fused-ring (bicyclic) bond motifs is 3. The number of carbonyl (C=O) groups is 3. The van der Waals surface area contributed by atoms with E-state index in [1.54, 1.807) is 6.92 Å². The number of nitrogens with one attached hydrogen (secondary N) is 2. The molecule has 0 spiro atoms. The van der Waals surface area contributed by atoms with Crippen molar-refractivity contribution in [3.63, 3.8) is 0 Å². The third-order valence-electron chi connectivity index (χ3n) is 6.67. The van der Waals surface area contributed by atoms with Gasteiger partial charge in [-0.3, -0.25) is 4.79 Å². The van der Waals surface area contributed by atoms with E-state index in [0.29, 0.717) is 0 Å². The predicted octanol–water partition coefficient (Wildman–Crippen LogP) is 3.71. The van der Waals surface area contributed by atoms with E-state index in [1.165, 1.54) is 7.11 Å². The molecule has 4 rings (SSSR count). The van der Waals surface area contributed by atoms with Gasteiger partial charge < -0.3 is 30.0 Å². The fourth-order valence-electron chi connectivity index (χ4n) is 4.66. The second kappa shape index (κ2) is 13.0. The number of hydrogen-bond donors (Lipinski definition) is 3. The Hall–Kier alpha value is -4.21. The Morgan fingerprint density at radius 2 is 1.46 bits per heavy atom. The topological polar surface area (TPSA) is 123 Å². The summed E-state index contributed by atoms with van der Waals surface area (Å²) >= 11 is 0. The van der Waals surface area contributed by atoms with Crippen LogP contribution in [0.4, 0.5) is 4.79 Å². The van der Waals surface area contributed by atoms with Crippen LogP contribution in [0.1, 0.15) is 29.5 Å². The van der Waals surface area contributed by atoms with Gasteiger partial charge in [-0.15, -0.1) is 0 Å². The van der Waals surface area contributed by atoms with Crippen LogP contribution < -0.4 is 10.6 Å². The van der Waals surface area contributed by atoms with Crippen LogP contribution in [0, 0.1) is 0 Å². The first-order valence-electron chi connectivity index (χ1n) is 12.7. The molecule has 0 saturated carbocycles. The molecule has 0 aliphatic heterocycles. The number of methoxy groups -OCH3 is 1. The molecule has 0 bridgehead atoms. The van der Waals surface area contributed by atoms with E-state index in [0.717, 1.165) is 27.8 Å². The summed E-state index contributed by atoms with van der Waals surface area (Å²) in [6.45, 7) is 1.64. The van der Waals surface area contributed by atoms with Crippen molar-refractivity contribution in [3.8, 4) is 11.1 Å². The molecule has 3 aromatic carbocycles. The lowest BCUT2D eigenvalue weighted by molar-refractivity contribution is -0.147. The molecular weight excluding hydrogens is 500 g/mol. The smallest absolute Gasteiger partial charge is 0.407 e. The van der Waals surface area contributed by atoms with Crippen LogP contribution in [-0.2, 0) is 30.4 Å². The molecule has 0 fully saturated rings. The lowest BCUT2D eigenvalue weighted by atomic mass is 9.98. The monoisotopic (exact) mass is 532 g/mol. The lowest BCUT2D eigenvalue weighted by Gasteiger charge is -2.25. The van der Waals surface area contributed by atoms with E-state index in [1.807, 2.05) is 78.9 Å². The quantitative estimate of drug-likeness (QED) is 0.325. The molecule has 3 unspecified atom stereocenters. The molecule has 3 aromatic rings. The first kappa shape index (κ1) is 27.8. The Labute approximate surface area is 227 Å². The second-order valence-corrected chi connectivity index (χ2v) is 9.30. The number of carboxylic acid groups (broad SMARTS) is 1. The molecule has 2 amide bonds. The maximum Gasteiger partial charge on any atom is 0.407 e.